The number of amides is 1. The van der Waals surface area contributed by atoms with E-state index in [4.69, 9.17) is 9.94 Å². The highest BCUT2D eigenvalue weighted by atomic mass is 16.7. The fraction of sp³-hybridized carbons (Fsp3) is 0.517. The average molecular weight is 499 g/mol. The Hall–Kier alpha value is -2.90. The predicted octanol–water partition coefficient (Wildman–Crippen LogP) is 6.06. The lowest BCUT2D eigenvalue weighted by Gasteiger charge is -2.21. The molecule has 7 nitrogen and oxygen atoms in total. The molecule has 7 heteroatoms. The van der Waals surface area contributed by atoms with Gasteiger partial charge >= 0.3 is 5.97 Å². The van der Waals surface area contributed by atoms with Crippen LogP contribution in [-0.2, 0) is 22.7 Å². The van der Waals surface area contributed by atoms with E-state index in [-0.39, 0.29) is 18.2 Å². The van der Waals surface area contributed by atoms with Crippen molar-refractivity contribution >= 4 is 11.9 Å². The summed E-state index contributed by atoms with van der Waals surface area (Å²) in [6, 6.07) is 14.0. The van der Waals surface area contributed by atoms with Gasteiger partial charge in [0.25, 0.3) is 5.91 Å². The van der Waals surface area contributed by atoms with E-state index in [1.165, 1.54) is 56.4 Å². The largest absolute Gasteiger partial charge is 0.508 e. The van der Waals surface area contributed by atoms with E-state index >= 15 is 0 Å². The van der Waals surface area contributed by atoms with Gasteiger partial charge in [-0.2, -0.15) is 5.06 Å². The third kappa shape index (κ3) is 12.7. The van der Waals surface area contributed by atoms with Gasteiger partial charge in [-0.1, -0.05) is 89.0 Å². The number of carboxylic acid groups (broad SMARTS) is 1. The second kappa shape index (κ2) is 17.5. The number of nitrogens with one attached hydrogen (secondary N) is 1. The van der Waals surface area contributed by atoms with E-state index in [2.05, 4.69) is 12.2 Å². The van der Waals surface area contributed by atoms with Crippen LogP contribution in [0, 0.1) is 0 Å². The Morgan fingerprint density at radius 2 is 1.42 bits per heavy atom. The maximum atomic E-state index is 12.6. The molecule has 0 radical (unpaired) electrons. The van der Waals surface area contributed by atoms with Crippen molar-refractivity contribution in [3.05, 3.63) is 65.2 Å². The smallest absolute Gasteiger partial charge is 0.331 e. The molecular weight excluding hydrogens is 456 g/mol. The molecule has 2 rings (SSSR count). The maximum Gasteiger partial charge on any atom is 0.331 e. The zero-order valence-corrected chi connectivity index (χ0v) is 21.6. The fourth-order valence-corrected chi connectivity index (χ4v) is 4.08. The Balaban J connectivity index is 1.77. The van der Waals surface area contributed by atoms with Gasteiger partial charge in [-0.25, -0.2) is 4.79 Å². The minimum absolute atomic E-state index is 0.112. The van der Waals surface area contributed by atoms with Crippen LogP contribution in [0.1, 0.15) is 92.6 Å². The van der Waals surface area contributed by atoms with Gasteiger partial charge in [0.15, 0.2) is 6.61 Å². The van der Waals surface area contributed by atoms with Crippen LogP contribution >= 0.6 is 0 Å². The molecule has 2 aromatic carbocycles. The van der Waals surface area contributed by atoms with Gasteiger partial charge in [-0.3, -0.25) is 9.63 Å². The van der Waals surface area contributed by atoms with Crippen LogP contribution in [0.2, 0.25) is 0 Å². The molecule has 0 saturated carbocycles. The van der Waals surface area contributed by atoms with E-state index in [0.717, 1.165) is 24.0 Å². The lowest BCUT2D eigenvalue weighted by molar-refractivity contribution is -0.190. The van der Waals surface area contributed by atoms with Crippen LogP contribution in [0.5, 0.6) is 5.75 Å². The number of carboxylic acids is 1. The Bertz CT molecular complexity index is 918. The first-order valence-corrected chi connectivity index (χ1v) is 13.2. The number of carbonyl (C=O) groups is 2. The van der Waals surface area contributed by atoms with Crippen molar-refractivity contribution in [1.29, 1.82) is 0 Å². The third-order valence-corrected chi connectivity index (χ3v) is 6.00. The molecule has 0 heterocycles. The highest BCUT2D eigenvalue weighted by Crippen LogP contribution is 2.16. The number of hydrogen-bond donors (Lipinski definition) is 3. The average Bonchev–Trinajstić information content (AvgIpc) is 2.86. The molecule has 0 bridgehead atoms. The first-order valence-electron chi connectivity index (χ1n) is 13.2. The van der Waals surface area contributed by atoms with Gasteiger partial charge in [0, 0.05) is 25.2 Å². The number of hydroxylamine groups is 2. The lowest BCUT2D eigenvalue weighted by atomic mass is 10.1. The first-order chi connectivity index (χ1) is 17.5. The molecule has 0 atom stereocenters. The van der Waals surface area contributed by atoms with Crippen LogP contribution in [0.3, 0.4) is 0 Å². The number of benzene rings is 2. The van der Waals surface area contributed by atoms with Crippen LogP contribution in [0.15, 0.2) is 48.5 Å². The molecule has 0 spiro atoms. The molecule has 1 amide bonds. The number of hydrogen-bond acceptors (Lipinski definition) is 5. The van der Waals surface area contributed by atoms with Gasteiger partial charge in [-0.05, 0) is 41.8 Å². The second-order valence-electron chi connectivity index (χ2n) is 9.27. The SMILES string of the molecule is CCCCCCCCCCCCNC(=O)c1cccc(CN(Cc2cccc(O)c2)OCC(=O)O)c1. The Kier molecular flexibility index (Phi) is 14.3. The van der Waals surface area contributed by atoms with Crippen molar-refractivity contribution in [3.8, 4) is 5.75 Å². The highest BCUT2D eigenvalue weighted by Gasteiger charge is 2.13. The monoisotopic (exact) mass is 498 g/mol. The fourth-order valence-electron chi connectivity index (χ4n) is 4.08. The van der Waals surface area contributed by atoms with Crippen molar-refractivity contribution in [2.24, 2.45) is 0 Å². The number of carbonyl (C=O) groups excluding carboxylic acids is 1. The lowest BCUT2D eigenvalue weighted by Crippen LogP contribution is -2.27. The van der Waals surface area contributed by atoms with Gasteiger partial charge < -0.3 is 15.5 Å². The second-order valence-corrected chi connectivity index (χ2v) is 9.27. The molecular formula is C29H42N2O5. The minimum atomic E-state index is -1.07. The molecule has 0 fully saturated rings. The maximum absolute atomic E-state index is 12.6. The molecule has 0 aromatic heterocycles. The number of phenols is 1. The molecule has 0 unspecified atom stereocenters. The summed E-state index contributed by atoms with van der Waals surface area (Å²) < 4.78 is 0. The Morgan fingerprint density at radius 3 is 2.03 bits per heavy atom. The summed E-state index contributed by atoms with van der Waals surface area (Å²) in [5.74, 6) is -1.05. The zero-order valence-electron chi connectivity index (χ0n) is 21.6. The number of unbranched alkanes of at least 4 members (excludes halogenated alkanes) is 9. The molecule has 0 saturated heterocycles. The van der Waals surface area contributed by atoms with E-state index < -0.39 is 12.6 Å². The summed E-state index contributed by atoms with van der Waals surface area (Å²) >= 11 is 0. The molecule has 36 heavy (non-hydrogen) atoms. The number of phenolic OH excluding ortho intramolecular Hbond substituents is 1. The van der Waals surface area contributed by atoms with Crippen LogP contribution < -0.4 is 5.32 Å². The molecule has 2 aromatic rings. The summed E-state index contributed by atoms with van der Waals surface area (Å²) in [5, 5.41) is 23.2. The van der Waals surface area contributed by atoms with E-state index in [9.17, 15) is 14.7 Å². The molecule has 3 N–H and O–H groups in total. The highest BCUT2D eigenvalue weighted by molar-refractivity contribution is 5.94. The topological polar surface area (TPSA) is 99.1 Å². The Labute approximate surface area is 215 Å². The number of nitrogens with zero attached hydrogens (tertiary/aromatic N) is 1. The van der Waals surface area contributed by atoms with Crippen molar-refractivity contribution in [3.63, 3.8) is 0 Å². The van der Waals surface area contributed by atoms with Gasteiger partial charge in [-0.15, -0.1) is 0 Å². The summed E-state index contributed by atoms with van der Waals surface area (Å²) in [6.07, 6.45) is 12.6. The normalized spacial score (nSPS) is 11.1. The van der Waals surface area contributed by atoms with Crippen molar-refractivity contribution in [1.82, 2.24) is 10.4 Å². The van der Waals surface area contributed by atoms with Crippen molar-refractivity contribution in [2.45, 2.75) is 84.2 Å². The van der Waals surface area contributed by atoms with Gasteiger partial charge in [0.1, 0.15) is 5.75 Å². The van der Waals surface area contributed by atoms with Gasteiger partial charge in [0.05, 0.1) is 0 Å². The standard InChI is InChI=1S/C29H42N2O5/c1-2-3-4-5-6-7-8-9-10-11-18-30-29(35)26-16-12-14-24(19-26)21-31(36-23-28(33)34)22-25-15-13-17-27(32)20-25/h12-17,19-20,32H,2-11,18,21-23H2,1H3,(H,30,35)(H,33,34). The molecule has 198 valence electrons. The third-order valence-electron chi connectivity index (χ3n) is 6.00. The van der Waals surface area contributed by atoms with Crippen LogP contribution in [0.25, 0.3) is 0 Å². The van der Waals surface area contributed by atoms with E-state index in [1.54, 1.807) is 30.3 Å². The van der Waals surface area contributed by atoms with E-state index in [1.807, 2.05) is 18.2 Å². The predicted molar refractivity (Wildman–Crippen MR) is 142 cm³/mol. The Morgan fingerprint density at radius 1 is 0.833 bits per heavy atom. The summed E-state index contributed by atoms with van der Waals surface area (Å²) in [5.41, 5.74) is 2.17. The molecule has 0 aliphatic heterocycles. The van der Waals surface area contributed by atoms with Crippen molar-refractivity contribution < 1.29 is 24.6 Å². The summed E-state index contributed by atoms with van der Waals surface area (Å²) in [4.78, 5) is 29.1. The van der Waals surface area contributed by atoms with Crippen molar-refractivity contribution in [2.75, 3.05) is 13.2 Å². The zero-order chi connectivity index (χ0) is 26.0. The van der Waals surface area contributed by atoms with Gasteiger partial charge in [0.2, 0.25) is 0 Å². The number of rotatable bonds is 19. The van der Waals surface area contributed by atoms with E-state index in [0.29, 0.717) is 18.7 Å². The quantitative estimate of drug-likeness (QED) is 0.161. The van der Waals surface area contributed by atoms with Crippen LogP contribution in [0.4, 0.5) is 0 Å². The van der Waals surface area contributed by atoms with Crippen LogP contribution in [-0.4, -0.2) is 40.3 Å². The minimum Gasteiger partial charge on any atom is -0.508 e. The first kappa shape index (κ1) is 29.3. The summed E-state index contributed by atoms with van der Waals surface area (Å²) in [6.45, 7) is 3.01. The molecule has 0 aliphatic rings. The number of aromatic hydroxyl groups is 1. The summed E-state index contributed by atoms with van der Waals surface area (Å²) in [7, 11) is 0. The molecule has 0 aliphatic carbocycles. The number of aliphatic carboxylic acids is 1.